The number of aliphatic hydroxyl groups is 3. The van der Waals surface area contributed by atoms with Crippen molar-refractivity contribution in [2.24, 2.45) is 17.6 Å². The molecule has 0 heterocycles. The second-order valence-corrected chi connectivity index (χ2v) is 8.94. The molecule has 1 fully saturated rings. The van der Waals surface area contributed by atoms with E-state index in [1.54, 1.807) is 0 Å². The zero-order valence-electron chi connectivity index (χ0n) is 17.9. The third-order valence-corrected chi connectivity index (χ3v) is 7.00. The van der Waals surface area contributed by atoms with Gasteiger partial charge in [-0.3, -0.25) is 19.3 Å². The molecule has 0 spiro atoms. The summed E-state index contributed by atoms with van der Waals surface area (Å²) < 4.78 is 0. The second-order valence-electron chi connectivity index (χ2n) is 8.94. The van der Waals surface area contributed by atoms with E-state index >= 15 is 0 Å². The molecule has 0 aliphatic heterocycles. The van der Waals surface area contributed by atoms with E-state index in [-0.39, 0.29) is 39.9 Å². The Morgan fingerprint density at radius 1 is 1.21 bits per heavy atom. The number of amides is 1. The van der Waals surface area contributed by atoms with E-state index < -0.39 is 75.0 Å². The minimum absolute atomic E-state index is 0. The molecule has 0 radical (unpaired) electrons. The second kappa shape index (κ2) is 7.80. The first-order valence-electron chi connectivity index (χ1n) is 9.95. The van der Waals surface area contributed by atoms with Gasteiger partial charge in [0.25, 0.3) is 5.91 Å². The summed E-state index contributed by atoms with van der Waals surface area (Å²) >= 11 is 0. The van der Waals surface area contributed by atoms with Crippen molar-refractivity contribution in [1.29, 1.82) is 0 Å². The largest absolute Gasteiger partial charge is 1.00 e. The fourth-order valence-corrected chi connectivity index (χ4v) is 5.48. The molecule has 3 aliphatic rings. The monoisotopic (exact) mass is 550 g/mol. The van der Waals surface area contributed by atoms with Crippen LogP contribution in [0, 0.1) is 11.8 Å². The number of Topliss-reactive ketones (excluding diaryl/α,β-unsaturated/α-hetero) is 2. The van der Waals surface area contributed by atoms with Gasteiger partial charge in [-0.1, -0.05) is 17.9 Å². The van der Waals surface area contributed by atoms with Crippen molar-refractivity contribution in [1.82, 2.24) is 4.90 Å². The summed E-state index contributed by atoms with van der Waals surface area (Å²) in [5.41, 5.74) is -0.945. The van der Waals surface area contributed by atoms with Gasteiger partial charge in [0.2, 0.25) is 0 Å². The van der Waals surface area contributed by atoms with Crippen LogP contribution in [-0.4, -0.2) is 68.5 Å². The standard InChI is InChI=1S/C22H24N2O8.Ag/c1-21(31)8-5-4-6-11(25)12(8)16(26)13-9(21)7-10-15(24(2)3)17(27)14(20(23)30)19(29)22(10,32)18(13)28;/h4-6,9-10,15,25-26,29,31-32H,7H2,1-3H3,(H2,23,30);/q;+1/p-1/t9-,10-,15-,21+,22-;/m0./s1. The summed E-state index contributed by atoms with van der Waals surface area (Å²) in [5.74, 6) is -8.42. The molecule has 1 aromatic rings. The number of hydrogen-bond acceptors (Lipinski definition) is 9. The molecule has 180 valence electrons. The van der Waals surface area contributed by atoms with Gasteiger partial charge >= 0.3 is 22.4 Å². The number of nitrogens with two attached hydrogens (primary N) is 1. The van der Waals surface area contributed by atoms with E-state index in [2.05, 4.69) is 0 Å². The molecule has 4 rings (SSSR count). The van der Waals surface area contributed by atoms with Gasteiger partial charge in [0.05, 0.1) is 11.6 Å². The van der Waals surface area contributed by atoms with Crippen molar-refractivity contribution in [3.63, 3.8) is 0 Å². The summed E-state index contributed by atoms with van der Waals surface area (Å²) in [6, 6.07) is 2.89. The normalized spacial score (nSPS) is 33.3. The molecule has 0 unspecified atom stereocenters. The maximum atomic E-state index is 13.6. The third-order valence-electron chi connectivity index (χ3n) is 7.00. The van der Waals surface area contributed by atoms with Gasteiger partial charge in [0, 0.05) is 17.4 Å². The Hall–Kier alpha value is -2.47. The van der Waals surface area contributed by atoms with Crippen LogP contribution < -0.4 is 10.8 Å². The van der Waals surface area contributed by atoms with E-state index in [4.69, 9.17) is 5.73 Å². The topological polar surface area (TPSA) is 184 Å². The fraction of sp³-hybridized carbons (Fsp3) is 0.409. The number of carbonyl (C=O) groups is 3. The molecule has 11 heteroatoms. The zero-order valence-corrected chi connectivity index (χ0v) is 19.4. The zero-order chi connectivity index (χ0) is 23.9. The Labute approximate surface area is 204 Å². The average molecular weight is 551 g/mol. The number of phenols is 1. The van der Waals surface area contributed by atoms with E-state index in [1.807, 2.05) is 0 Å². The van der Waals surface area contributed by atoms with Crippen LogP contribution in [0.2, 0.25) is 0 Å². The summed E-state index contributed by atoms with van der Waals surface area (Å²) in [6.07, 6.45) is -0.240. The quantitative estimate of drug-likeness (QED) is 0.214. The number of nitrogens with zero attached hydrogens (tertiary/aromatic N) is 1. The van der Waals surface area contributed by atoms with Crippen LogP contribution in [0.4, 0.5) is 0 Å². The molecular weight excluding hydrogens is 528 g/mol. The smallest absolute Gasteiger partial charge is 0.872 e. The van der Waals surface area contributed by atoms with Crippen molar-refractivity contribution in [3.8, 4) is 5.75 Å². The van der Waals surface area contributed by atoms with E-state index in [0.29, 0.717) is 0 Å². The van der Waals surface area contributed by atoms with Crippen LogP contribution in [0.3, 0.4) is 0 Å². The number of aromatic hydroxyl groups is 1. The molecule has 0 bridgehead atoms. The maximum Gasteiger partial charge on any atom is 1.00 e. The van der Waals surface area contributed by atoms with Gasteiger partial charge in [0.15, 0.2) is 17.2 Å². The number of hydrogen-bond donors (Lipinski definition) is 5. The number of rotatable bonds is 2. The number of primary amides is 1. The number of likely N-dealkylation sites (N-methyl/N-ethyl adjacent to an activating group) is 1. The van der Waals surface area contributed by atoms with Crippen molar-refractivity contribution < 1.29 is 62.3 Å². The van der Waals surface area contributed by atoms with Crippen molar-refractivity contribution in [3.05, 3.63) is 46.2 Å². The van der Waals surface area contributed by atoms with E-state index in [1.165, 1.54) is 44.1 Å². The van der Waals surface area contributed by atoms with Crippen LogP contribution in [-0.2, 0) is 42.4 Å². The van der Waals surface area contributed by atoms with Gasteiger partial charge < -0.3 is 31.3 Å². The number of fused-ring (bicyclic) bond motifs is 3. The number of aliphatic hydroxyl groups excluding tert-OH is 1. The van der Waals surface area contributed by atoms with Crippen molar-refractivity contribution in [2.45, 2.75) is 30.6 Å². The minimum atomic E-state index is -2.79. The first kappa shape index (κ1) is 25.2. The summed E-state index contributed by atoms with van der Waals surface area (Å²) in [5, 5.41) is 57.1. The minimum Gasteiger partial charge on any atom is -0.872 e. The molecule has 1 saturated carbocycles. The Bertz CT molecular complexity index is 1160. The number of phenolic OH excluding ortho intramolecular Hbond substituents is 1. The maximum absolute atomic E-state index is 13.6. The molecule has 3 aliphatic carbocycles. The fourth-order valence-electron chi connectivity index (χ4n) is 5.48. The van der Waals surface area contributed by atoms with Crippen molar-refractivity contribution in [2.75, 3.05) is 14.1 Å². The number of benzene rings is 1. The van der Waals surface area contributed by atoms with Gasteiger partial charge in [-0.25, -0.2) is 0 Å². The van der Waals surface area contributed by atoms with Crippen LogP contribution in [0.15, 0.2) is 35.1 Å². The van der Waals surface area contributed by atoms with Crippen LogP contribution >= 0.6 is 0 Å². The van der Waals surface area contributed by atoms with E-state index in [0.717, 1.165) is 0 Å². The SMILES string of the molecule is CN(C)[C@@H]1C(=O)C(C(N)=O)=C(O)[C@@]2(O)C(=O)C3=C([O-])c4c(O)cccc4[C@@](C)(O)[C@H]3C[C@@H]12.[Ag+]. The first-order valence-corrected chi connectivity index (χ1v) is 9.95. The molecule has 5 atom stereocenters. The Balaban J connectivity index is 0.00000306. The summed E-state index contributed by atoms with van der Waals surface area (Å²) in [6.45, 7) is 1.37. The summed E-state index contributed by atoms with van der Waals surface area (Å²) in [7, 11) is 2.98. The number of carbonyl (C=O) groups excluding carboxylic acids is 3. The van der Waals surface area contributed by atoms with Gasteiger partial charge in [-0.05, 0) is 44.6 Å². The molecule has 10 nitrogen and oxygen atoms in total. The third kappa shape index (κ3) is 3.06. The molecular formula is C22H23AgN2O8. The van der Waals surface area contributed by atoms with Gasteiger partial charge in [-0.2, -0.15) is 0 Å². The molecule has 1 aromatic carbocycles. The predicted molar refractivity (Wildman–Crippen MR) is 107 cm³/mol. The molecule has 0 saturated heterocycles. The van der Waals surface area contributed by atoms with E-state index in [9.17, 15) is 39.9 Å². The molecule has 1 amide bonds. The van der Waals surface area contributed by atoms with Crippen LogP contribution in [0.25, 0.3) is 5.76 Å². The van der Waals surface area contributed by atoms with Crippen LogP contribution in [0.1, 0.15) is 24.5 Å². The number of ketones is 2. The first-order chi connectivity index (χ1) is 14.8. The van der Waals surface area contributed by atoms with Gasteiger partial charge in [-0.15, -0.1) is 0 Å². The van der Waals surface area contributed by atoms with Crippen molar-refractivity contribution >= 4 is 23.2 Å². The van der Waals surface area contributed by atoms with Crippen LogP contribution in [0.5, 0.6) is 5.75 Å². The van der Waals surface area contributed by atoms with Gasteiger partial charge in [0.1, 0.15) is 17.1 Å². The molecule has 33 heavy (non-hydrogen) atoms. The Morgan fingerprint density at radius 2 is 1.82 bits per heavy atom. The molecule has 0 aromatic heterocycles. The average Bonchev–Trinajstić information content (AvgIpc) is 2.68. The Kier molecular flexibility index (Phi) is 5.94. The predicted octanol–water partition coefficient (Wildman–Crippen LogP) is -1.57. The molecule has 6 N–H and O–H groups in total. The Morgan fingerprint density at radius 3 is 2.36 bits per heavy atom. The summed E-state index contributed by atoms with van der Waals surface area (Å²) in [4.78, 5) is 39.9.